The van der Waals surface area contributed by atoms with Crippen LogP contribution in [-0.4, -0.2) is 24.0 Å². The molecule has 2 aromatic rings. The average molecular weight is 358 g/mol. The number of unbranched alkanes of at least 4 members (excludes halogenated alkanes) is 1. The van der Waals surface area contributed by atoms with Gasteiger partial charge in [-0.1, -0.05) is 19.4 Å². The first-order chi connectivity index (χ1) is 12.5. The number of rotatable bonds is 9. The molecule has 0 aliphatic carbocycles. The fourth-order valence-electron chi connectivity index (χ4n) is 2.26. The van der Waals surface area contributed by atoms with E-state index in [1.54, 1.807) is 24.3 Å². The first kappa shape index (κ1) is 19.2. The highest BCUT2D eigenvalue weighted by molar-refractivity contribution is 6.04. The predicted molar refractivity (Wildman–Crippen MR) is 99.1 cm³/mol. The SMILES string of the molecule is CCCCOc1ccc(C(=O)Nc2cccc([N+](=O)[O-])c2)cc1OCC. The van der Waals surface area contributed by atoms with Crippen molar-refractivity contribution in [3.63, 3.8) is 0 Å². The Morgan fingerprint density at radius 2 is 1.92 bits per heavy atom. The van der Waals surface area contributed by atoms with Crippen LogP contribution >= 0.6 is 0 Å². The van der Waals surface area contributed by atoms with Crippen molar-refractivity contribution in [2.75, 3.05) is 18.5 Å². The maximum absolute atomic E-state index is 12.4. The summed E-state index contributed by atoms with van der Waals surface area (Å²) in [6, 6.07) is 10.7. The fourth-order valence-corrected chi connectivity index (χ4v) is 2.26. The fraction of sp³-hybridized carbons (Fsp3) is 0.316. The van der Waals surface area contributed by atoms with E-state index in [1.807, 2.05) is 6.92 Å². The van der Waals surface area contributed by atoms with E-state index in [0.717, 1.165) is 12.8 Å². The van der Waals surface area contributed by atoms with Crippen LogP contribution in [-0.2, 0) is 0 Å². The average Bonchev–Trinajstić information content (AvgIpc) is 2.63. The smallest absolute Gasteiger partial charge is 0.271 e. The van der Waals surface area contributed by atoms with Crippen molar-refractivity contribution in [3.05, 3.63) is 58.1 Å². The summed E-state index contributed by atoms with van der Waals surface area (Å²) in [5.41, 5.74) is 0.644. The number of hydrogen-bond acceptors (Lipinski definition) is 5. The summed E-state index contributed by atoms with van der Waals surface area (Å²) in [5, 5.41) is 13.5. The molecule has 0 unspecified atom stereocenters. The molecule has 0 bridgehead atoms. The number of nitro groups is 1. The number of nitrogens with one attached hydrogen (secondary N) is 1. The van der Waals surface area contributed by atoms with E-state index < -0.39 is 4.92 Å². The van der Waals surface area contributed by atoms with Gasteiger partial charge in [-0.3, -0.25) is 14.9 Å². The minimum absolute atomic E-state index is 0.0857. The Bertz CT molecular complexity index is 776. The molecule has 138 valence electrons. The maximum Gasteiger partial charge on any atom is 0.271 e. The van der Waals surface area contributed by atoms with Crippen molar-refractivity contribution < 1.29 is 19.2 Å². The van der Waals surface area contributed by atoms with Crippen molar-refractivity contribution in [3.8, 4) is 11.5 Å². The summed E-state index contributed by atoms with van der Waals surface area (Å²) in [5.74, 6) is 0.703. The van der Waals surface area contributed by atoms with Gasteiger partial charge in [0.15, 0.2) is 11.5 Å². The van der Waals surface area contributed by atoms with Gasteiger partial charge < -0.3 is 14.8 Å². The molecule has 1 amide bonds. The molecule has 0 heterocycles. The van der Waals surface area contributed by atoms with Crippen LogP contribution in [0.5, 0.6) is 11.5 Å². The molecule has 0 aromatic heterocycles. The van der Waals surface area contributed by atoms with E-state index in [-0.39, 0.29) is 11.6 Å². The third-order valence-corrected chi connectivity index (χ3v) is 3.58. The lowest BCUT2D eigenvalue weighted by Gasteiger charge is -2.13. The number of carbonyl (C=O) groups excluding carboxylic acids is 1. The van der Waals surface area contributed by atoms with Gasteiger partial charge in [0.2, 0.25) is 0 Å². The lowest BCUT2D eigenvalue weighted by atomic mass is 10.1. The van der Waals surface area contributed by atoms with Gasteiger partial charge in [0.05, 0.1) is 18.1 Å². The predicted octanol–water partition coefficient (Wildman–Crippen LogP) is 4.42. The summed E-state index contributed by atoms with van der Waals surface area (Å²) >= 11 is 0. The Labute approximate surface area is 152 Å². The van der Waals surface area contributed by atoms with Crippen LogP contribution < -0.4 is 14.8 Å². The molecule has 0 radical (unpaired) electrons. The zero-order chi connectivity index (χ0) is 18.9. The third kappa shape index (κ3) is 5.20. The molecular formula is C19H22N2O5. The Hall–Kier alpha value is -3.09. The monoisotopic (exact) mass is 358 g/mol. The maximum atomic E-state index is 12.4. The zero-order valence-corrected chi connectivity index (χ0v) is 14.9. The second kappa shape index (κ2) is 9.41. The van der Waals surface area contributed by atoms with E-state index in [2.05, 4.69) is 12.2 Å². The topological polar surface area (TPSA) is 90.7 Å². The Kier molecular flexibility index (Phi) is 6.96. The van der Waals surface area contributed by atoms with Crippen LogP contribution in [0.3, 0.4) is 0 Å². The number of amides is 1. The molecule has 2 rings (SSSR count). The van der Waals surface area contributed by atoms with Crippen LogP contribution in [0.25, 0.3) is 0 Å². The first-order valence-electron chi connectivity index (χ1n) is 8.50. The number of nitrogens with zero attached hydrogens (tertiary/aromatic N) is 1. The van der Waals surface area contributed by atoms with E-state index in [9.17, 15) is 14.9 Å². The molecule has 0 atom stereocenters. The summed E-state index contributed by atoms with van der Waals surface area (Å²) in [4.78, 5) is 22.8. The molecule has 0 saturated heterocycles. The highest BCUT2D eigenvalue weighted by atomic mass is 16.6. The van der Waals surface area contributed by atoms with Crippen molar-refractivity contribution in [2.24, 2.45) is 0 Å². The van der Waals surface area contributed by atoms with Gasteiger partial charge in [0, 0.05) is 23.4 Å². The normalized spacial score (nSPS) is 10.2. The lowest BCUT2D eigenvalue weighted by Crippen LogP contribution is -2.12. The summed E-state index contributed by atoms with van der Waals surface area (Å²) in [7, 11) is 0. The molecule has 7 heteroatoms. The van der Waals surface area contributed by atoms with Gasteiger partial charge in [-0.25, -0.2) is 0 Å². The highest BCUT2D eigenvalue weighted by Gasteiger charge is 2.13. The molecule has 0 aliphatic heterocycles. The number of anilines is 1. The van der Waals surface area contributed by atoms with Gasteiger partial charge >= 0.3 is 0 Å². The minimum atomic E-state index is -0.509. The first-order valence-corrected chi connectivity index (χ1v) is 8.50. The third-order valence-electron chi connectivity index (χ3n) is 3.58. The van der Waals surface area contributed by atoms with Crippen LogP contribution in [0, 0.1) is 10.1 Å². The molecule has 0 fully saturated rings. The van der Waals surface area contributed by atoms with Gasteiger partial charge in [-0.05, 0) is 37.6 Å². The van der Waals surface area contributed by atoms with Gasteiger partial charge in [-0.15, -0.1) is 0 Å². The number of carbonyl (C=O) groups is 1. The zero-order valence-electron chi connectivity index (χ0n) is 14.9. The van der Waals surface area contributed by atoms with E-state index in [1.165, 1.54) is 18.2 Å². The van der Waals surface area contributed by atoms with Crippen LogP contribution in [0.15, 0.2) is 42.5 Å². The van der Waals surface area contributed by atoms with Crippen LogP contribution in [0.1, 0.15) is 37.0 Å². The quantitative estimate of drug-likeness (QED) is 0.407. The summed E-state index contributed by atoms with van der Waals surface area (Å²) in [6.45, 7) is 4.95. The van der Waals surface area contributed by atoms with Gasteiger partial charge in [-0.2, -0.15) is 0 Å². The number of benzene rings is 2. The largest absolute Gasteiger partial charge is 0.490 e. The molecule has 26 heavy (non-hydrogen) atoms. The second-order valence-corrected chi connectivity index (χ2v) is 5.56. The van der Waals surface area contributed by atoms with Crippen molar-refractivity contribution in [1.82, 2.24) is 0 Å². The van der Waals surface area contributed by atoms with E-state index >= 15 is 0 Å². The molecule has 0 aliphatic rings. The Morgan fingerprint density at radius 1 is 1.12 bits per heavy atom. The summed E-state index contributed by atoms with van der Waals surface area (Å²) < 4.78 is 11.3. The number of non-ortho nitro benzene ring substituents is 1. The lowest BCUT2D eigenvalue weighted by molar-refractivity contribution is -0.384. The Balaban J connectivity index is 2.16. The highest BCUT2D eigenvalue weighted by Crippen LogP contribution is 2.29. The summed E-state index contributed by atoms with van der Waals surface area (Å²) in [6.07, 6.45) is 1.95. The van der Waals surface area contributed by atoms with Gasteiger partial charge in [0.25, 0.3) is 11.6 Å². The minimum Gasteiger partial charge on any atom is -0.490 e. The molecular weight excluding hydrogens is 336 g/mol. The molecule has 0 spiro atoms. The molecule has 1 N–H and O–H groups in total. The second-order valence-electron chi connectivity index (χ2n) is 5.56. The number of hydrogen-bond donors (Lipinski definition) is 1. The Morgan fingerprint density at radius 3 is 2.62 bits per heavy atom. The van der Waals surface area contributed by atoms with Crippen molar-refractivity contribution in [1.29, 1.82) is 0 Å². The van der Waals surface area contributed by atoms with E-state index in [0.29, 0.717) is 36.0 Å². The van der Waals surface area contributed by atoms with Gasteiger partial charge in [0.1, 0.15) is 0 Å². The van der Waals surface area contributed by atoms with Crippen molar-refractivity contribution in [2.45, 2.75) is 26.7 Å². The number of nitro benzene ring substituents is 1. The standard InChI is InChI=1S/C19H22N2O5/c1-3-5-11-26-17-10-9-14(12-18(17)25-4-2)19(22)20-15-7-6-8-16(13-15)21(23)24/h6-10,12-13H,3-5,11H2,1-2H3,(H,20,22). The molecule has 0 saturated carbocycles. The number of ether oxygens (including phenoxy) is 2. The van der Waals surface area contributed by atoms with Crippen molar-refractivity contribution >= 4 is 17.3 Å². The molecule has 2 aromatic carbocycles. The molecule has 7 nitrogen and oxygen atoms in total. The van der Waals surface area contributed by atoms with E-state index in [4.69, 9.17) is 9.47 Å². The van der Waals surface area contributed by atoms with Crippen LogP contribution in [0.4, 0.5) is 11.4 Å². The van der Waals surface area contributed by atoms with Crippen LogP contribution in [0.2, 0.25) is 0 Å².